The summed E-state index contributed by atoms with van der Waals surface area (Å²) in [4.78, 5) is 28.9. The lowest BCUT2D eigenvalue weighted by atomic mass is 10.2. The van der Waals surface area contributed by atoms with Crippen molar-refractivity contribution in [2.24, 2.45) is 0 Å². The first-order valence-corrected chi connectivity index (χ1v) is 11.1. The van der Waals surface area contributed by atoms with E-state index in [0.717, 1.165) is 15.5 Å². The van der Waals surface area contributed by atoms with Gasteiger partial charge >= 0.3 is 5.97 Å². The number of fused-ring (bicyclic) bond motifs is 1. The minimum atomic E-state index is -3.87. The van der Waals surface area contributed by atoms with E-state index in [1.54, 1.807) is 36.4 Å². The van der Waals surface area contributed by atoms with Crippen molar-refractivity contribution in [3.05, 3.63) is 81.2 Å². The van der Waals surface area contributed by atoms with Crippen LogP contribution in [0.25, 0.3) is 17.0 Å². The fourth-order valence-electron chi connectivity index (χ4n) is 2.81. The molecular weight excluding hydrogens is 432 g/mol. The Bertz CT molecular complexity index is 1370. The zero-order chi connectivity index (χ0) is 23.1. The third-order valence-electron chi connectivity index (χ3n) is 4.47. The van der Waals surface area contributed by atoms with Crippen LogP contribution in [0.15, 0.2) is 58.7 Å². The van der Waals surface area contributed by atoms with E-state index in [-0.39, 0.29) is 19.0 Å². The highest BCUT2D eigenvalue weighted by Gasteiger charge is 2.14. The summed E-state index contributed by atoms with van der Waals surface area (Å²) in [6, 6.07) is 15.7. The topological polar surface area (TPSA) is 131 Å². The van der Waals surface area contributed by atoms with Crippen molar-refractivity contribution in [3.63, 3.8) is 0 Å². The van der Waals surface area contributed by atoms with Crippen LogP contribution in [0.4, 0.5) is 0 Å². The first kappa shape index (κ1) is 22.9. The smallest absolute Gasteiger partial charge is 0.321 e. The monoisotopic (exact) mass is 452 g/mol. The maximum Gasteiger partial charge on any atom is 0.321 e. The number of esters is 1. The largest absolute Gasteiger partial charge is 0.457 e. The van der Waals surface area contributed by atoms with Crippen molar-refractivity contribution >= 4 is 33.0 Å². The number of carbonyl (C=O) groups is 1. The van der Waals surface area contributed by atoms with Crippen LogP contribution < -0.4 is 10.3 Å². The molecule has 10 heteroatoms. The number of sulfonamides is 1. The first-order chi connectivity index (χ1) is 15.3. The molecule has 0 spiro atoms. The highest BCUT2D eigenvalue weighted by atomic mass is 32.2. The maximum atomic E-state index is 12.6. The molecule has 0 saturated heterocycles. The number of nitriles is 1. The van der Waals surface area contributed by atoms with E-state index in [4.69, 9.17) is 10.00 Å². The molecule has 1 heterocycles. The number of nitrogens with one attached hydrogen (secondary N) is 1. The Morgan fingerprint density at radius 1 is 1.22 bits per heavy atom. The van der Waals surface area contributed by atoms with Gasteiger partial charge in [-0.25, -0.2) is 18.1 Å². The standard InChI is InChI=1S/C22H20N4O5S/c1-16-6-8-17(9-7-16)10-13-32(29,30)24-14-21(27)31-15-20-25-19-5-3-2-4-18(19)22(28)26(20)12-11-23/h2-10,13,24H,12,14-15H2,1H3. The maximum absolute atomic E-state index is 12.6. The average Bonchev–Trinajstić information content (AvgIpc) is 2.78. The summed E-state index contributed by atoms with van der Waals surface area (Å²) >= 11 is 0. The molecular formula is C22H20N4O5S. The number of carbonyl (C=O) groups excluding carboxylic acids is 1. The molecule has 3 aromatic rings. The molecule has 0 bridgehead atoms. The van der Waals surface area contributed by atoms with Gasteiger partial charge in [0.25, 0.3) is 5.56 Å². The number of aromatic nitrogens is 2. The highest BCUT2D eigenvalue weighted by Crippen LogP contribution is 2.09. The fraction of sp³-hybridized carbons (Fsp3) is 0.182. The lowest BCUT2D eigenvalue weighted by Gasteiger charge is -2.11. The Morgan fingerprint density at radius 2 is 1.94 bits per heavy atom. The molecule has 164 valence electrons. The van der Waals surface area contributed by atoms with E-state index >= 15 is 0 Å². The molecule has 0 amide bonds. The number of nitrogens with zero attached hydrogens (tertiary/aromatic N) is 3. The van der Waals surface area contributed by atoms with E-state index in [1.165, 1.54) is 6.08 Å². The fourth-order valence-corrected chi connectivity index (χ4v) is 3.56. The van der Waals surface area contributed by atoms with Crippen LogP contribution in [0.5, 0.6) is 0 Å². The summed E-state index contributed by atoms with van der Waals surface area (Å²) in [5.74, 6) is -0.769. The van der Waals surface area contributed by atoms with E-state index in [9.17, 15) is 18.0 Å². The second-order valence-electron chi connectivity index (χ2n) is 6.83. The Labute approximate surface area is 184 Å². The molecule has 0 unspecified atom stereocenters. The molecule has 0 atom stereocenters. The lowest BCUT2D eigenvalue weighted by molar-refractivity contribution is -0.143. The molecule has 9 nitrogen and oxygen atoms in total. The zero-order valence-corrected chi connectivity index (χ0v) is 18.0. The summed E-state index contributed by atoms with van der Waals surface area (Å²) in [5, 5.41) is 10.3. The van der Waals surface area contributed by atoms with Gasteiger partial charge in [-0.1, -0.05) is 42.0 Å². The van der Waals surface area contributed by atoms with E-state index in [0.29, 0.717) is 16.5 Å². The van der Waals surface area contributed by atoms with Gasteiger partial charge in [-0.3, -0.25) is 14.2 Å². The first-order valence-electron chi connectivity index (χ1n) is 9.54. The van der Waals surface area contributed by atoms with Gasteiger partial charge in [0.1, 0.15) is 19.7 Å². The summed E-state index contributed by atoms with van der Waals surface area (Å²) < 4.78 is 32.5. The summed E-state index contributed by atoms with van der Waals surface area (Å²) in [6.07, 6.45) is 1.41. The minimum absolute atomic E-state index is 0.0886. The Kier molecular flexibility index (Phi) is 7.14. The molecule has 0 aliphatic rings. The van der Waals surface area contributed by atoms with Crippen molar-refractivity contribution in [1.82, 2.24) is 14.3 Å². The van der Waals surface area contributed by atoms with Gasteiger partial charge in [0.05, 0.1) is 17.0 Å². The molecule has 32 heavy (non-hydrogen) atoms. The quantitative estimate of drug-likeness (QED) is 0.516. The van der Waals surface area contributed by atoms with Crippen LogP contribution in [-0.4, -0.2) is 30.5 Å². The van der Waals surface area contributed by atoms with Crippen molar-refractivity contribution in [1.29, 1.82) is 5.26 Å². The number of hydrogen-bond donors (Lipinski definition) is 1. The number of rotatable bonds is 8. The molecule has 0 saturated carbocycles. The molecule has 0 aliphatic carbocycles. The lowest BCUT2D eigenvalue weighted by Crippen LogP contribution is -2.30. The zero-order valence-electron chi connectivity index (χ0n) is 17.2. The van der Waals surface area contributed by atoms with Gasteiger partial charge < -0.3 is 4.74 Å². The predicted molar refractivity (Wildman–Crippen MR) is 119 cm³/mol. The molecule has 2 aromatic carbocycles. The molecule has 1 aromatic heterocycles. The Morgan fingerprint density at radius 3 is 2.66 bits per heavy atom. The van der Waals surface area contributed by atoms with Gasteiger partial charge in [0.2, 0.25) is 10.0 Å². The van der Waals surface area contributed by atoms with Crippen molar-refractivity contribution in [2.75, 3.05) is 6.54 Å². The number of para-hydroxylation sites is 1. The normalized spacial score (nSPS) is 11.5. The van der Waals surface area contributed by atoms with Gasteiger partial charge in [-0.05, 0) is 30.7 Å². The Hall–Kier alpha value is -3.81. The average molecular weight is 452 g/mol. The number of ether oxygens (including phenoxy) is 1. The molecule has 0 fully saturated rings. The third-order valence-corrected chi connectivity index (χ3v) is 5.51. The Balaban J connectivity index is 1.64. The second-order valence-corrected chi connectivity index (χ2v) is 8.49. The van der Waals surface area contributed by atoms with Gasteiger partial charge in [-0.2, -0.15) is 5.26 Å². The van der Waals surface area contributed by atoms with Crippen LogP contribution in [0, 0.1) is 18.3 Å². The number of hydrogen-bond acceptors (Lipinski definition) is 7. The third kappa shape index (κ3) is 5.87. The van der Waals surface area contributed by atoms with Crippen molar-refractivity contribution in [3.8, 4) is 6.07 Å². The van der Waals surface area contributed by atoms with Gasteiger partial charge in [0, 0.05) is 5.41 Å². The minimum Gasteiger partial charge on any atom is -0.457 e. The van der Waals surface area contributed by atoms with E-state index < -0.39 is 28.1 Å². The van der Waals surface area contributed by atoms with Crippen LogP contribution >= 0.6 is 0 Å². The SMILES string of the molecule is Cc1ccc(C=CS(=O)(=O)NCC(=O)OCc2nc3ccccc3c(=O)n2CC#N)cc1. The summed E-state index contributed by atoms with van der Waals surface area (Å²) in [7, 11) is -3.87. The van der Waals surface area contributed by atoms with Crippen LogP contribution in [0.2, 0.25) is 0 Å². The van der Waals surface area contributed by atoms with E-state index in [2.05, 4.69) is 9.71 Å². The molecule has 0 radical (unpaired) electrons. The van der Waals surface area contributed by atoms with Crippen LogP contribution in [-0.2, 0) is 32.7 Å². The number of benzene rings is 2. The molecule has 1 N–H and O–H groups in total. The van der Waals surface area contributed by atoms with Crippen LogP contribution in [0.3, 0.4) is 0 Å². The summed E-state index contributed by atoms with van der Waals surface area (Å²) in [6.45, 7) is 0.669. The van der Waals surface area contributed by atoms with Gasteiger partial charge in [0.15, 0.2) is 5.82 Å². The molecule has 3 rings (SSSR count). The van der Waals surface area contributed by atoms with Crippen molar-refractivity contribution in [2.45, 2.75) is 20.1 Å². The summed E-state index contributed by atoms with van der Waals surface area (Å²) in [5.41, 5.74) is 1.72. The van der Waals surface area contributed by atoms with Crippen LogP contribution in [0.1, 0.15) is 17.0 Å². The van der Waals surface area contributed by atoms with Crippen molar-refractivity contribution < 1.29 is 17.9 Å². The predicted octanol–water partition coefficient (Wildman–Crippen LogP) is 1.86. The highest BCUT2D eigenvalue weighted by molar-refractivity contribution is 7.92. The van der Waals surface area contributed by atoms with E-state index in [1.807, 2.05) is 25.1 Å². The second kappa shape index (κ2) is 10.00. The number of aryl methyl sites for hydroxylation is 1. The molecule has 0 aliphatic heterocycles. The van der Waals surface area contributed by atoms with Gasteiger partial charge in [-0.15, -0.1) is 0 Å².